The van der Waals surface area contributed by atoms with Crippen molar-refractivity contribution in [2.75, 3.05) is 0 Å². The zero-order valence-corrected chi connectivity index (χ0v) is 10.8. The topological polar surface area (TPSA) is 38.0 Å². The quantitative estimate of drug-likeness (QED) is 0.897. The molecule has 94 valence electrons. The van der Waals surface area contributed by atoms with Gasteiger partial charge in [-0.25, -0.2) is 0 Å². The highest BCUT2D eigenvalue weighted by molar-refractivity contribution is 5.39. The highest BCUT2D eigenvalue weighted by atomic mass is 16.3. The third-order valence-electron chi connectivity index (χ3n) is 4.04. The van der Waals surface area contributed by atoms with Crippen LogP contribution < -0.4 is 0 Å². The molecule has 1 aromatic carbocycles. The van der Waals surface area contributed by atoms with Crippen molar-refractivity contribution in [2.45, 2.75) is 39.3 Å². The highest BCUT2D eigenvalue weighted by Crippen LogP contribution is 2.36. The van der Waals surface area contributed by atoms with Gasteiger partial charge in [-0.1, -0.05) is 24.3 Å². The molecule has 3 rings (SSSR count). The monoisotopic (exact) mass is 242 g/mol. The zero-order chi connectivity index (χ0) is 12.7. The van der Waals surface area contributed by atoms with Gasteiger partial charge in [0.25, 0.3) is 0 Å². The Kier molecular flexibility index (Phi) is 2.71. The molecule has 0 aliphatic heterocycles. The van der Waals surface area contributed by atoms with Crippen molar-refractivity contribution in [3.63, 3.8) is 0 Å². The van der Waals surface area contributed by atoms with Crippen LogP contribution in [0.2, 0.25) is 0 Å². The number of nitrogens with zero attached hydrogens (tertiary/aromatic N) is 2. The normalized spacial score (nSPS) is 17.4. The molecule has 0 bridgehead atoms. The van der Waals surface area contributed by atoms with Gasteiger partial charge in [-0.15, -0.1) is 0 Å². The summed E-state index contributed by atoms with van der Waals surface area (Å²) in [4.78, 5) is 0. The number of aliphatic hydroxyl groups is 1. The summed E-state index contributed by atoms with van der Waals surface area (Å²) in [6, 6.07) is 8.61. The molecule has 0 fully saturated rings. The molecule has 0 spiro atoms. The molecule has 0 amide bonds. The molecular formula is C15H18N2O. The first-order valence-electron chi connectivity index (χ1n) is 6.42. The van der Waals surface area contributed by atoms with Gasteiger partial charge in [0.1, 0.15) is 0 Å². The summed E-state index contributed by atoms with van der Waals surface area (Å²) in [5.41, 5.74) is 5.94. The van der Waals surface area contributed by atoms with Crippen molar-refractivity contribution in [3.8, 4) is 0 Å². The Bertz CT molecular complexity index is 586. The van der Waals surface area contributed by atoms with Gasteiger partial charge in [0.05, 0.1) is 12.3 Å². The maximum atomic E-state index is 9.32. The molecule has 18 heavy (non-hydrogen) atoms. The van der Waals surface area contributed by atoms with E-state index < -0.39 is 0 Å². The summed E-state index contributed by atoms with van der Waals surface area (Å²) in [5.74, 6) is 0.575. The van der Waals surface area contributed by atoms with Gasteiger partial charge >= 0.3 is 0 Å². The van der Waals surface area contributed by atoms with Crippen LogP contribution in [-0.2, 0) is 19.6 Å². The average Bonchev–Trinajstić information content (AvgIpc) is 2.61. The van der Waals surface area contributed by atoms with Crippen molar-refractivity contribution in [2.24, 2.45) is 0 Å². The Balaban J connectivity index is 1.83. The summed E-state index contributed by atoms with van der Waals surface area (Å²) in [7, 11) is 0. The van der Waals surface area contributed by atoms with Crippen molar-refractivity contribution in [1.82, 2.24) is 9.78 Å². The van der Waals surface area contributed by atoms with Crippen LogP contribution in [0.1, 0.15) is 34.0 Å². The van der Waals surface area contributed by atoms with Crippen LogP contribution in [0.3, 0.4) is 0 Å². The van der Waals surface area contributed by atoms with Crippen LogP contribution in [-0.4, -0.2) is 14.9 Å². The van der Waals surface area contributed by atoms with Crippen LogP contribution in [0.4, 0.5) is 0 Å². The number of rotatable bonds is 3. The predicted molar refractivity (Wildman–Crippen MR) is 70.5 cm³/mol. The second kappa shape index (κ2) is 4.25. The van der Waals surface area contributed by atoms with E-state index in [4.69, 9.17) is 0 Å². The van der Waals surface area contributed by atoms with Crippen LogP contribution >= 0.6 is 0 Å². The Labute approximate surface area is 107 Å². The van der Waals surface area contributed by atoms with E-state index in [1.165, 1.54) is 11.1 Å². The van der Waals surface area contributed by atoms with Crippen LogP contribution in [0.15, 0.2) is 24.3 Å². The first kappa shape index (κ1) is 11.5. The standard InChI is InChI=1S/C15H18N2O/c1-10-15(9-18)11(2)17(16-10)8-13-7-12-5-3-4-6-14(12)13/h3-6,13,18H,7-9H2,1-2H3. The van der Waals surface area contributed by atoms with Gasteiger partial charge in [0.15, 0.2) is 0 Å². The van der Waals surface area contributed by atoms with E-state index >= 15 is 0 Å². The number of fused-ring (bicyclic) bond motifs is 1. The van der Waals surface area contributed by atoms with Crippen LogP contribution in [0.5, 0.6) is 0 Å². The van der Waals surface area contributed by atoms with Crippen molar-refractivity contribution >= 4 is 0 Å². The molecule has 1 heterocycles. The summed E-state index contributed by atoms with van der Waals surface area (Å²) in [5, 5.41) is 13.9. The first-order valence-corrected chi connectivity index (χ1v) is 6.42. The fraction of sp³-hybridized carbons (Fsp3) is 0.400. The van der Waals surface area contributed by atoms with E-state index in [1.807, 2.05) is 18.5 Å². The lowest BCUT2D eigenvalue weighted by Gasteiger charge is -2.30. The summed E-state index contributed by atoms with van der Waals surface area (Å²) < 4.78 is 2.04. The Hall–Kier alpha value is -1.61. The molecule has 1 atom stereocenters. The third-order valence-corrected chi connectivity index (χ3v) is 4.04. The van der Waals surface area contributed by atoms with Gasteiger partial charge in [-0.05, 0) is 31.4 Å². The maximum absolute atomic E-state index is 9.32. The van der Waals surface area contributed by atoms with E-state index in [2.05, 4.69) is 29.4 Å². The third kappa shape index (κ3) is 1.66. The fourth-order valence-corrected chi connectivity index (χ4v) is 2.87. The summed E-state index contributed by atoms with van der Waals surface area (Å²) in [6.45, 7) is 5.00. The lowest BCUT2D eigenvalue weighted by atomic mass is 9.77. The molecule has 0 saturated heterocycles. The lowest BCUT2D eigenvalue weighted by molar-refractivity contribution is 0.280. The minimum absolute atomic E-state index is 0.0823. The van der Waals surface area contributed by atoms with Gasteiger partial charge in [-0.2, -0.15) is 5.10 Å². The molecule has 1 aliphatic carbocycles. The van der Waals surface area contributed by atoms with E-state index in [-0.39, 0.29) is 6.61 Å². The fourth-order valence-electron chi connectivity index (χ4n) is 2.87. The maximum Gasteiger partial charge on any atom is 0.0718 e. The SMILES string of the molecule is Cc1nn(CC2Cc3ccccc32)c(C)c1CO. The second-order valence-electron chi connectivity index (χ2n) is 5.09. The van der Waals surface area contributed by atoms with E-state index in [1.54, 1.807) is 0 Å². The molecule has 2 aromatic rings. The Morgan fingerprint density at radius 2 is 2.11 bits per heavy atom. The minimum atomic E-state index is 0.0823. The molecule has 3 nitrogen and oxygen atoms in total. The largest absolute Gasteiger partial charge is 0.392 e. The Morgan fingerprint density at radius 1 is 1.33 bits per heavy atom. The molecule has 0 radical (unpaired) electrons. The first-order chi connectivity index (χ1) is 8.70. The van der Waals surface area contributed by atoms with E-state index in [0.717, 1.165) is 29.9 Å². The lowest BCUT2D eigenvalue weighted by Crippen LogP contribution is -2.23. The average molecular weight is 242 g/mol. The van der Waals surface area contributed by atoms with Gasteiger partial charge in [-0.3, -0.25) is 4.68 Å². The van der Waals surface area contributed by atoms with Crippen molar-refractivity contribution in [3.05, 3.63) is 52.3 Å². The number of aromatic nitrogens is 2. The highest BCUT2D eigenvalue weighted by Gasteiger charge is 2.26. The molecule has 3 heteroatoms. The van der Waals surface area contributed by atoms with Crippen molar-refractivity contribution in [1.29, 1.82) is 0 Å². The zero-order valence-electron chi connectivity index (χ0n) is 10.8. The molecule has 1 aromatic heterocycles. The smallest absolute Gasteiger partial charge is 0.0718 e. The number of aryl methyl sites for hydroxylation is 1. The summed E-state index contributed by atoms with van der Waals surface area (Å²) >= 11 is 0. The second-order valence-corrected chi connectivity index (χ2v) is 5.09. The Morgan fingerprint density at radius 3 is 2.78 bits per heavy atom. The molecule has 1 unspecified atom stereocenters. The molecular weight excluding hydrogens is 224 g/mol. The summed E-state index contributed by atoms with van der Waals surface area (Å²) in [6.07, 6.45) is 1.14. The number of hydrogen-bond acceptors (Lipinski definition) is 2. The molecule has 1 aliphatic rings. The van der Waals surface area contributed by atoms with Gasteiger partial charge in [0.2, 0.25) is 0 Å². The number of aliphatic hydroxyl groups excluding tert-OH is 1. The predicted octanol–water partition coefficient (Wildman–Crippen LogP) is 2.33. The van der Waals surface area contributed by atoms with Crippen LogP contribution in [0, 0.1) is 13.8 Å². The minimum Gasteiger partial charge on any atom is -0.392 e. The van der Waals surface area contributed by atoms with E-state index in [0.29, 0.717) is 5.92 Å². The molecule has 1 N–H and O–H groups in total. The number of hydrogen-bond donors (Lipinski definition) is 1. The van der Waals surface area contributed by atoms with Gasteiger partial charge < -0.3 is 5.11 Å². The molecule has 0 saturated carbocycles. The van der Waals surface area contributed by atoms with Crippen molar-refractivity contribution < 1.29 is 5.11 Å². The van der Waals surface area contributed by atoms with E-state index in [9.17, 15) is 5.11 Å². The number of benzene rings is 1. The van der Waals surface area contributed by atoms with Gasteiger partial charge in [0, 0.05) is 23.7 Å². The van der Waals surface area contributed by atoms with Crippen LogP contribution in [0.25, 0.3) is 0 Å².